The second-order valence-electron chi connectivity index (χ2n) is 5.60. The number of pyridine rings is 1. The summed E-state index contributed by atoms with van der Waals surface area (Å²) in [5.41, 5.74) is 2.40. The summed E-state index contributed by atoms with van der Waals surface area (Å²) < 4.78 is 3.24. The first-order valence-corrected chi connectivity index (χ1v) is 7.81. The van der Waals surface area contributed by atoms with Gasteiger partial charge in [-0.05, 0) is 40.9 Å². The summed E-state index contributed by atoms with van der Waals surface area (Å²) in [6.07, 6.45) is 8.75. The molecule has 0 aromatic carbocycles. The highest BCUT2D eigenvalue weighted by molar-refractivity contribution is 9.10. The summed E-state index contributed by atoms with van der Waals surface area (Å²) >= 11 is 3.64. The zero-order valence-corrected chi connectivity index (χ0v) is 13.2. The van der Waals surface area contributed by atoms with E-state index in [1.165, 1.54) is 49.1 Å². The van der Waals surface area contributed by atoms with Crippen LogP contribution in [0.5, 0.6) is 0 Å². The molecule has 0 amide bonds. The van der Waals surface area contributed by atoms with Crippen molar-refractivity contribution in [1.82, 2.24) is 9.38 Å². The van der Waals surface area contributed by atoms with Gasteiger partial charge < -0.3 is 9.30 Å². The summed E-state index contributed by atoms with van der Waals surface area (Å²) in [7, 11) is 4.16. The molecule has 1 fully saturated rings. The van der Waals surface area contributed by atoms with Crippen LogP contribution in [0.1, 0.15) is 43.8 Å². The smallest absolute Gasteiger partial charge is 0.134 e. The Morgan fingerprint density at radius 3 is 2.68 bits per heavy atom. The molecule has 0 bridgehead atoms. The lowest BCUT2D eigenvalue weighted by molar-refractivity contribution is 0.427. The lowest BCUT2D eigenvalue weighted by atomic mass is 9.89. The van der Waals surface area contributed by atoms with Crippen LogP contribution in [-0.4, -0.2) is 23.5 Å². The maximum Gasteiger partial charge on any atom is 0.134 e. The third-order valence-corrected chi connectivity index (χ3v) is 4.63. The molecule has 0 aliphatic heterocycles. The van der Waals surface area contributed by atoms with Crippen molar-refractivity contribution >= 4 is 27.1 Å². The Labute approximate surface area is 122 Å². The van der Waals surface area contributed by atoms with Crippen LogP contribution >= 0.6 is 15.9 Å². The third kappa shape index (κ3) is 2.27. The minimum absolute atomic E-state index is 0.616. The molecule has 19 heavy (non-hydrogen) atoms. The van der Waals surface area contributed by atoms with E-state index >= 15 is 0 Å². The molecule has 1 saturated carbocycles. The fourth-order valence-corrected chi connectivity index (χ4v) is 3.69. The lowest BCUT2D eigenvalue weighted by Gasteiger charge is -2.21. The predicted octanol–water partition coefficient (Wildman–Crippen LogP) is 4.21. The number of imidazole rings is 1. The number of aromatic nitrogens is 2. The van der Waals surface area contributed by atoms with E-state index in [1.807, 2.05) is 0 Å². The normalized spacial score (nSPS) is 17.0. The molecule has 1 aliphatic rings. The number of fused-ring (bicyclic) bond motifs is 1. The molecule has 0 spiro atoms. The number of hydrogen-bond acceptors (Lipinski definition) is 2. The average molecular weight is 322 g/mol. The van der Waals surface area contributed by atoms with Gasteiger partial charge in [0.25, 0.3) is 0 Å². The standard InChI is InChI=1S/C15H20BrN3/c1-18(2)12-9-6-10-19-13(12)14(16)17-15(19)11-7-4-3-5-8-11/h6,9-11H,3-5,7-8H2,1-2H3. The molecule has 0 unspecified atom stereocenters. The molecule has 2 aromatic rings. The summed E-state index contributed by atoms with van der Waals surface area (Å²) in [4.78, 5) is 6.95. The number of rotatable bonds is 2. The van der Waals surface area contributed by atoms with Crippen molar-refractivity contribution in [2.75, 3.05) is 19.0 Å². The minimum atomic E-state index is 0.616. The predicted molar refractivity (Wildman–Crippen MR) is 83.0 cm³/mol. The monoisotopic (exact) mass is 321 g/mol. The molecule has 0 N–H and O–H groups in total. The topological polar surface area (TPSA) is 20.5 Å². The largest absolute Gasteiger partial charge is 0.376 e. The molecule has 3 nitrogen and oxygen atoms in total. The second-order valence-corrected chi connectivity index (χ2v) is 6.35. The maximum atomic E-state index is 4.81. The van der Waals surface area contributed by atoms with Gasteiger partial charge in [-0.25, -0.2) is 4.98 Å². The van der Waals surface area contributed by atoms with E-state index in [1.54, 1.807) is 0 Å². The first-order chi connectivity index (χ1) is 9.18. The van der Waals surface area contributed by atoms with Crippen LogP contribution in [0.25, 0.3) is 5.52 Å². The van der Waals surface area contributed by atoms with Crippen LogP contribution in [0.15, 0.2) is 22.9 Å². The van der Waals surface area contributed by atoms with Gasteiger partial charge in [0.15, 0.2) is 0 Å². The lowest BCUT2D eigenvalue weighted by Crippen LogP contribution is -2.11. The molecule has 102 valence electrons. The number of nitrogens with zero attached hydrogens (tertiary/aromatic N) is 3. The van der Waals surface area contributed by atoms with Crippen molar-refractivity contribution in [3.05, 3.63) is 28.8 Å². The molecule has 2 aromatic heterocycles. The quantitative estimate of drug-likeness (QED) is 0.825. The Morgan fingerprint density at radius 1 is 1.26 bits per heavy atom. The van der Waals surface area contributed by atoms with E-state index in [0.717, 1.165) is 4.60 Å². The van der Waals surface area contributed by atoms with E-state index in [0.29, 0.717) is 5.92 Å². The SMILES string of the molecule is CN(C)c1cccn2c(C3CCCCC3)nc(Br)c12. The van der Waals surface area contributed by atoms with Crippen molar-refractivity contribution in [1.29, 1.82) is 0 Å². The van der Waals surface area contributed by atoms with Crippen LogP contribution < -0.4 is 4.90 Å². The zero-order valence-electron chi connectivity index (χ0n) is 11.6. The van der Waals surface area contributed by atoms with E-state index in [-0.39, 0.29) is 0 Å². The highest BCUT2D eigenvalue weighted by Crippen LogP contribution is 2.36. The van der Waals surface area contributed by atoms with Crippen LogP contribution in [0.2, 0.25) is 0 Å². The Balaban J connectivity index is 2.14. The molecular weight excluding hydrogens is 302 g/mol. The van der Waals surface area contributed by atoms with Gasteiger partial charge in [0, 0.05) is 26.2 Å². The Hall–Kier alpha value is -1.03. The van der Waals surface area contributed by atoms with Crippen LogP contribution in [0.4, 0.5) is 5.69 Å². The van der Waals surface area contributed by atoms with E-state index < -0.39 is 0 Å². The fraction of sp³-hybridized carbons (Fsp3) is 0.533. The Kier molecular flexibility index (Phi) is 3.52. The van der Waals surface area contributed by atoms with Crippen LogP contribution in [0, 0.1) is 0 Å². The van der Waals surface area contributed by atoms with Crippen LogP contribution in [0.3, 0.4) is 0 Å². The van der Waals surface area contributed by atoms with Gasteiger partial charge in [0.1, 0.15) is 15.9 Å². The average Bonchev–Trinajstić information content (AvgIpc) is 2.77. The van der Waals surface area contributed by atoms with Crippen molar-refractivity contribution in [3.63, 3.8) is 0 Å². The van der Waals surface area contributed by atoms with Crippen molar-refractivity contribution < 1.29 is 0 Å². The highest BCUT2D eigenvalue weighted by atomic mass is 79.9. The zero-order chi connectivity index (χ0) is 13.4. The van der Waals surface area contributed by atoms with E-state index in [9.17, 15) is 0 Å². The Morgan fingerprint density at radius 2 is 2.00 bits per heavy atom. The summed E-state index contributed by atoms with van der Waals surface area (Å²) in [5, 5.41) is 0. The summed E-state index contributed by atoms with van der Waals surface area (Å²) in [6, 6.07) is 4.26. The number of hydrogen-bond donors (Lipinski definition) is 0. The van der Waals surface area contributed by atoms with E-state index in [2.05, 4.69) is 57.7 Å². The molecule has 0 radical (unpaired) electrons. The van der Waals surface area contributed by atoms with Crippen LogP contribution in [-0.2, 0) is 0 Å². The molecule has 4 heteroatoms. The molecule has 3 rings (SSSR count). The maximum absolute atomic E-state index is 4.81. The fourth-order valence-electron chi connectivity index (χ4n) is 3.11. The van der Waals surface area contributed by atoms with Crippen molar-refractivity contribution in [2.45, 2.75) is 38.0 Å². The van der Waals surface area contributed by atoms with Gasteiger partial charge in [-0.2, -0.15) is 0 Å². The molecule has 0 atom stereocenters. The Bertz CT molecular complexity index is 582. The number of anilines is 1. The summed E-state index contributed by atoms with van der Waals surface area (Å²) in [5.74, 6) is 1.84. The van der Waals surface area contributed by atoms with Gasteiger partial charge in [0.05, 0.1) is 5.69 Å². The molecule has 0 saturated heterocycles. The van der Waals surface area contributed by atoms with Gasteiger partial charge in [-0.3, -0.25) is 0 Å². The molecule has 2 heterocycles. The van der Waals surface area contributed by atoms with E-state index in [4.69, 9.17) is 4.98 Å². The van der Waals surface area contributed by atoms with Crippen molar-refractivity contribution in [3.8, 4) is 0 Å². The minimum Gasteiger partial charge on any atom is -0.376 e. The summed E-state index contributed by atoms with van der Waals surface area (Å²) in [6.45, 7) is 0. The van der Waals surface area contributed by atoms with Gasteiger partial charge in [0.2, 0.25) is 0 Å². The third-order valence-electron chi connectivity index (χ3n) is 4.08. The first-order valence-electron chi connectivity index (χ1n) is 7.02. The number of halogens is 1. The molecule has 1 aliphatic carbocycles. The second kappa shape index (κ2) is 5.16. The van der Waals surface area contributed by atoms with Gasteiger partial charge in [-0.15, -0.1) is 0 Å². The van der Waals surface area contributed by atoms with Gasteiger partial charge in [-0.1, -0.05) is 19.3 Å². The van der Waals surface area contributed by atoms with Crippen molar-refractivity contribution in [2.24, 2.45) is 0 Å². The van der Waals surface area contributed by atoms with Gasteiger partial charge >= 0.3 is 0 Å². The molecular formula is C15H20BrN3. The highest BCUT2D eigenvalue weighted by Gasteiger charge is 2.22. The first kappa shape index (κ1) is 13.0.